The van der Waals surface area contributed by atoms with Crippen molar-refractivity contribution in [2.24, 2.45) is 0 Å². The van der Waals surface area contributed by atoms with Gasteiger partial charge < -0.3 is 5.32 Å². The number of hydrogen-bond acceptors (Lipinski definition) is 2. The van der Waals surface area contributed by atoms with Gasteiger partial charge in [0.05, 0.1) is 5.69 Å². The maximum Gasteiger partial charge on any atom is 0.269 e. The van der Waals surface area contributed by atoms with Gasteiger partial charge in [-0.3, -0.25) is 9.89 Å². The van der Waals surface area contributed by atoms with Crippen LogP contribution in [-0.2, 0) is 0 Å². The van der Waals surface area contributed by atoms with Gasteiger partial charge in [0.2, 0.25) is 0 Å². The lowest BCUT2D eigenvalue weighted by Gasteiger charge is -1.97. The molecule has 0 aliphatic rings. The molecule has 2 aromatic rings. The second-order valence-corrected chi connectivity index (χ2v) is 4.11. The monoisotopic (exact) mass is 261 g/mol. The van der Waals surface area contributed by atoms with Crippen LogP contribution in [0.15, 0.2) is 43.0 Å². The third kappa shape index (κ3) is 2.78. The zero-order valence-electron chi connectivity index (χ0n) is 9.61. The Balaban J connectivity index is 2.17. The lowest BCUT2D eigenvalue weighted by molar-refractivity contribution is 0.0953. The molecule has 1 heterocycles. The molecule has 0 atom stereocenters. The number of carbonyl (C=O) groups excluding carboxylic acids is 1. The fraction of sp³-hybridized carbons (Fsp3) is 0.0769. The fourth-order valence-corrected chi connectivity index (χ4v) is 1.59. The molecule has 0 unspecified atom stereocenters. The van der Waals surface area contributed by atoms with Gasteiger partial charge in [0.15, 0.2) is 0 Å². The third-order valence-corrected chi connectivity index (χ3v) is 2.62. The molecule has 0 bridgehead atoms. The molecule has 2 N–H and O–H groups in total. The van der Waals surface area contributed by atoms with Gasteiger partial charge in [0.25, 0.3) is 5.91 Å². The van der Waals surface area contributed by atoms with E-state index in [0.717, 1.165) is 5.56 Å². The zero-order valence-corrected chi connectivity index (χ0v) is 10.4. The van der Waals surface area contributed by atoms with Crippen molar-refractivity contribution in [1.29, 1.82) is 0 Å². The fourth-order valence-electron chi connectivity index (χ4n) is 1.47. The average molecular weight is 262 g/mol. The van der Waals surface area contributed by atoms with Crippen LogP contribution in [0.25, 0.3) is 11.3 Å². The SMILES string of the molecule is C=CCNC(=O)c1cc(-c2ccc(Cl)cc2)n[nH]1. The molecule has 18 heavy (non-hydrogen) atoms. The van der Waals surface area contributed by atoms with Gasteiger partial charge in [-0.25, -0.2) is 0 Å². The van der Waals surface area contributed by atoms with Crippen molar-refractivity contribution in [3.05, 3.63) is 53.7 Å². The number of aromatic amines is 1. The van der Waals surface area contributed by atoms with E-state index in [1.54, 1.807) is 24.3 Å². The van der Waals surface area contributed by atoms with E-state index in [-0.39, 0.29) is 5.91 Å². The first-order chi connectivity index (χ1) is 8.70. The highest BCUT2D eigenvalue weighted by atomic mass is 35.5. The minimum Gasteiger partial charge on any atom is -0.347 e. The topological polar surface area (TPSA) is 57.8 Å². The average Bonchev–Trinajstić information content (AvgIpc) is 2.86. The van der Waals surface area contributed by atoms with Gasteiger partial charge in [0, 0.05) is 17.1 Å². The Morgan fingerprint density at radius 2 is 2.17 bits per heavy atom. The predicted molar refractivity (Wildman–Crippen MR) is 71.6 cm³/mol. The number of nitrogens with one attached hydrogen (secondary N) is 2. The Labute approximate surface area is 110 Å². The molecule has 0 aliphatic heterocycles. The largest absolute Gasteiger partial charge is 0.347 e. The Kier molecular flexibility index (Phi) is 3.79. The second kappa shape index (κ2) is 5.51. The molecule has 4 nitrogen and oxygen atoms in total. The summed E-state index contributed by atoms with van der Waals surface area (Å²) in [6, 6.07) is 8.96. The number of hydrogen-bond donors (Lipinski definition) is 2. The van der Waals surface area contributed by atoms with Crippen LogP contribution in [-0.4, -0.2) is 22.6 Å². The van der Waals surface area contributed by atoms with Crippen molar-refractivity contribution in [2.45, 2.75) is 0 Å². The Hall–Kier alpha value is -2.07. The molecule has 0 saturated carbocycles. The normalized spacial score (nSPS) is 10.1. The molecule has 0 spiro atoms. The minimum absolute atomic E-state index is 0.206. The maximum atomic E-state index is 11.7. The number of benzene rings is 1. The van der Waals surface area contributed by atoms with Crippen LogP contribution in [0.5, 0.6) is 0 Å². The van der Waals surface area contributed by atoms with E-state index in [0.29, 0.717) is 23.0 Å². The van der Waals surface area contributed by atoms with Gasteiger partial charge in [-0.15, -0.1) is 6.58 Å². The van der Waals surface area contributed by atoms with Crippen molar-refractivity contribution in [1.82, 2.24) is 15.5 Å². The lowest BCUT2D eigenvalue weighted by Crippen LogP contribution is -2.23. The van der Waals surface area contributed by atoms with E-state index < -0.39 is 0 Å². The highest BCUT2D eigenvalue weighted by molar-refractivity contribution is 6.30. The first kappa shape index (κ1) is 12.4. The van der Waals surface area contributed by atoms with Crippen molar-refractivity contribution >= 4 is 17.5 Å². The van der Waals surface area contributed by atoms with E-state index in [1.165, 1.54) is 0 Å². The number of rotatable bonds is 4. The van der Waals surface area contributed by atoms with Crippen LogP contribution >= 0.6 is 11.6 Å². The molecule has 2 rings (SSSR count). The van der Waals surface area contributed by atoms with Crippen molar-refractivity contribution < 1.29 is 4.79 Å². The van der Waals surface area contributed by atoms with Crippen LogP contribution < -0.4 is 5.32 Å². The van der Waals surface area contributed by atoms with E-state index in [9.17, 15) is 4.79 Å². The molecular formula is C13H12ClN3O. The molecule has 5 heteroatoms. The summed E-state index contributed by atoms with van der Waals surface area (Å²) in [6.45, 7) is 3.96. The molecule has 1 aromatic carbocycles. The molecule has 0 saturated heterocycles. The van der Waals surface area contributed by atoms with Crippen molar-refractivity contribution in [3.8, 4) is 11.3 Å². The number of H-pyrrole nitrogens is 1. The Bertz CT molecular complexity index is 560. The smallest absolute Gasteiger partial charge is 0.269 e. The van der Waals surface area contributed by atoms with Gasteiger partial charge in [-0.2, -0.15) is 5.10 Å². The number of amides is 1. The summed E-state index contributed by atoms with van der Waals surface area (Å²) in [5, 5.41) is 10.1. The number of carbonyl (C=O) groups is 1. The highest BCUT2D eigenvalue weighted by Crippen LogP contribution is 2.20. The maximum absolute atomic E-state index is 11.7. The van der Waals surface area contributed by atoms with Gasteiger partial charge >= 0.3 is 0 Å². The number of nitrogens with zero attached hydrogens (tertiary/aromatic N) is 1. The van der Waals surface area contributed by atoms with Crippen LogP contribution in [0, 0.1) is 0 Å². The van der Waals surface area contributed by atoms with Crippen molar-refractivity contribution in [2.75, 3.05) is 6.54 Å². The summed E-state index contributed by atoms with van der Waals surface area (Å²) < 4.78 is 0. The lowest BCUT2D eigenvalue weighted by atomic mass is 10.1. The summed E-state index contributed by atoms with van der Waals surface area (Å²) in [5.41, 5.74) is 2.02. The van der Waals surface area contributed by atoms with Gasteiger partial charge in [-0.1, -0.05) is 29.8 Å². The Morgan fingerprint density at radius 3 is 2.83 bits per heavy atom. The first-order valence-corrected chi connectivity index (χ1v) is 5.79. The van der Waals surface area contributed by atoms with E-state index in [2.05, 4.69) is 22.1 Å². The molecular weight excluding hydrogens is 250 g/mol. The molecule has 0 aliphatic carbocycles. The summed E-state index contributed by atoms with van der Waals surface area (Å²) in [7, 11) is 0. The summed E-state index contributed by atoms with van der Waals surface area (Å²) in [4.78, 5) is 11.7. The van der Waals surface area contributed by atoms with E-state index >= 15 is 0 Å². The van der Waals surface area contributed by atoms with Crippen molar-refractivity contribution in [3.63, 3.8) is 0 Å². The number of aromatic nitrogens is 2. The van der Waals surface area contributed by atoms with Gasteiger partial charge in [-0.05, 0) is 18.2 Å². The highest BCUT2D eigenvalue weighted by Gasteiger charge is 2.09. The van der Waals surface area contributed by atoms with E-state index in [1.807, 2.05) is 12.1 Å². The van der Waals surface area contributed by atoms with E-state index in [4.69, 9.17) is 11.6 Å². The van der Waals surface area contributed by atoms with Crippen LogP contribution in [0.2, 0.25) is 5.02 Å². The second-order valence-electron chi connectivity index (χ2n) is 3.67. The Morgan fingerprint density at radius 1 is 1.44 bits per heavy atom. The summed E-state index contributed by atoms with van der Waals surface area (Å²) >= 11 is 5.81. The molecule has 1 amide bonds. The zero-order chi connectivity index (χ0) is 13.0. The molecule has 1 aromatic heterocycles. The summed E-state index contributed by atoms with van der Waals surface area (Å²) in [6.07, 6.45) is 1.62. The van der Waals surface area contributed by atoms with Crippen LogP contribution in [0.4, 0.5) is 0 Å². The first-order valence-electron chi connectivity index (χ1n) is 5.41. The summed E-state index contributed by atoms with van der Waals surface area (Å²) in [5.74, 6) is -0.206. The van der Waals surface area contributed by atoms with Gasteiger partial charge in [0.1, 0.15) is 5.69 Å². The molecule has 0 fully saturated rings. The van der Waals surface area contributed by atoms with Crippen LogP contribution in [0.1, 0.15) is 10.5 Å². The standard InChI is InChI=1S/C13H12ClN3O/c1-2-7-15-13(18)12-8-11(16-17-12)9-3-5-10(14)6-4-9/h2-6,8H,1,7H2,(H,15,18)(H,16,17). The van der Waals surface area contributed by atoms with Crippen LogP contribution in [0.3, 0.4) is 0 Å². The minimum atomic E-state index is -0.206. The predicted octanol–water partition coefficient (Wildman–Crippen LogP) is 2.65. The quantitative estimate of drug-likeness (QED) is 0.832. The number of halogens is 1. The molecule has 0 radical (unpaired) electrons. The third-order valence-electron chi connectivity index (χ3n) is 2.37. The molecule has 92 valence electrons.